The van der Waals surface area contributed by atoms with Crippen LogP contribution in [0.15, 0.2) is 60.7 Å². The molecule has 1 amide bonds. The average molecular weight is 373 g/mol. The second-order valence-corrected chi connectivity index (χ2v) is 7.75. The summed E-state index contributed by atoms with van der Waals surface area (Å²) in [6.07, 6.45) is 0.922. The van der Waals surface area contributed by atoms with Crippen molar-refractivity contribution in [3.05, 3.63) is 71.1 Å². The minimum atomic E-state index is 0.0790. The van der Waals surface area contributed by atoms with E-state index in [9.17, 15) is 4.79 Å². The molecule has 0 atom stereocenters. The van der Waals surface area contributed by atoms with Gasteiger partial charge in [0.15, 0.2) is 5.82 Å². The molecule has 4 nitrogen and oxygen atoms in total. The summed E-state index contributed by atoms with van der Waals surface area (Å²) in [5.74, 6) is 1.01. The summed E-state index contributed by atoms with van der Waals surface area (Å²) in [4.78, 5) is 21.6. The van der Waals surface area contributed by atoms with Crippen molar-refractivity contribution in [1.29, 1.82) is 0 Å². The number of amides is 1. The molecule has 0 saturated heterocycles. The molecule has 4 aromatic rings. The standard InChI is InChI=1S/C22H19N3OS/c1-2-24-18-10-6-4-8-16(18)23-21(24)19-11-12-20(27-19)22(26)25-14-13-15-7-3-5-9-17(15)25/h3-12H,2,13-14H2,1H3. The van der Waals surface area contributed by atoms with Crippen molar-refractivity contribution in [3.63, 3.8) is 0 Å². The molecular formula is C22H19N3OS. The summed E-state index contributed by atoms with van der Waals surface area (Å²) in [6, 6.07) is 20.3. The molecule has 0 radical (unpaired) electrons. The first kappa shape index (κ1) is 16.3. The van der Waals surface area contributed by atoms with E-state index in [2.05, 4.69) is 23.6 Å². The lowest BCUT2D eigenvalue weighted by Crippen LogP contribution is -2.28. The van der Waals surface area contributed by atoms with Crippen LogP contribution in [-0.2, 0) is 13.0 Å². The van der Waals surface area contributed by atoms with Gasteiger partial charge < -0.3 is 9.47 Å². The molecule has 0 unspecified atom stereocenters. The van der Waals surface area contributed by atoms with E-state index in [0.717, 1.165) is 51.8 Å². The molecule has 2 aromatic carbocycles. The molecule has 1 aliphatic rings. The monoisotopic (exact) mass is 373 g/mol. The number of carbonyl (C=O) groups excluding carboxylic acids is 1. The lowest BCUT2D eigenvalue weighted by atomic mass is 10.2. The first-order valence-electron chi connectivity index (χ1n) is 9.21. The van der Waals surface area contributed by atoms with Crippen LogP contribution >= 0.6 is 11.3 Å². The van der Waals surface area contributed by atoms with Crippen LogP contribution < -0.4 is 4.90 Å². The fourth-order valence-corrected chi connectivity index (χ4v) is 4.79. The third-order valence-electron chi connectivity index (χ3n) is 5.14. The molecule has 0 saturated carbocycles. The summed E-state index contributed by atoms with van der Waals surface area (Å²) in [5, 5.41) is 0. The Morgan fingerprint density at radius 2 is 1.89 bits per heavy atom. The molecule has 5 heteroatoms. The predicted octanol–water partition coefficient (Wildman–Crippen LogP) is 4.99. The molecule has 0 fully saturated rings. The number of fused-ring (bicyclic) bond motifs is 2. The van der Waals surface area contributed by atoms with Crippen LogP contribution in [0.4, 0.5) is 5.69 Å². The summed E-state index contributed by atoms with van der Waals surface area (Å²) in [5.41, 5.74) is 4.41. The van der Waals surface area contributed by atoms with Crippen molar-refractivity contribution in [2.75, 3.05) is 11.4 Å². The van der Waals surface area contributed by atoms with E-state index in [4.69, 9.17) is 4.98 Å². The number of benzene rings is 2. The number of hydrogen-bond acceptors (Lipinski definition) is 3. The van der Waals surface area contributed by atoms with Crippen LogP contribution in [0, 0.1) is 0 Å². The average Bonchev–Trinajstić information content (AvgIpc) is 3.42. The maximum Gasteiger partial charge on any atom is 0.268 e. The number of aryl methyl sites for hydroxylation is 1. The van der Waals surface area contributed by atoms with E-state index in [1.807, 2.05) is 53.4 Å². The molecule has 5 rings (SSSR count). The Hall–Kier alpha value is -2.92. The van der Waals surface area contributed by atoms with Gasteiger partial charge >= 0.3 is 0 Å². The number of rotatable bonds is 3. The van der Waals surface area contributed by atoms with Gasteiger partial charge in [0.2, 0.25) is 0 Å². The predicted molar refractivity (Wildman–Crippen MR) is 111 cm³/mol. The molecule has 1 aliphatic heterocycles. The summed E-state index contributed by atoms with van der Waals surface area (Å²) in [6.45, 7) is 3.72. The number of thiophene rings is 1. The van der Waals surface area contributed by atoms with Gasteiger partial charge in [-0.2, -0.15) is 0 Å². The molecule has 0 spiro atoms. The van der Waals surface area contributed by atoms with Gasteiger partial charge in [-0.3, -0.25) is 4.79 Å². The van der Waals surface area contributed by atoms with Crippen molar-refractivity contribution in [1.82, 2.24) is 9.55 Å². The van der Waals surface area contributed by atoms with Crippen molar-refractivity contribution in [3.8, 4) is 10.7 Å². The highest BCUT2D eigenvalue weighted by Crippen LogP contribution is 2.34. The van der Waals surface area contributed by atoms with Crippen LogP contribution in [0.2, 0.25) is 0 Å². The maximum absolute atomic E-state index is 13.1. The lowest BCUT2D eigenvalue weighted by molar-refractivity contribution is 0.0993. The SMILES string of the molecule is CCn1c(-c2ccc(C(=O)N3CCc4ccccc43)s2)nc2ccccc21. The topological polar surface area (TPSA) is 38.1 Å². The molecule has 27 heavy (non-hydrogen) atoms. The van der Waals surface area contributed by atoms with Gasteiger partial charge in [0.25, 0.3) is 5.91 Å². The summed E-state index contributed by atoms with van der Waals surface area (Å²) >= 11 is 1.53. The minimum absolute atomic E-state index is 0.0790. The number of nitrogens with zero attached hydrogens (tertiary/aromatic N) is 3. The molecule has 134 valence electrons. The van der Waals surface area contributed by atoms with Gasteiger partial charge in [-0.05, 0) is 49.2 Å². The highest BCUT2D eigenvalue weighted by atomic mass is 32.1. The second kappa shape index (κ2) is 6.35. The molecule has 0 aliphatic carbocycles. The van der Waals surface area contributed by atoms with E-state index < -0.39 is 0 Å². The highest BCUT2D eigenvalue weighted by Gasteiger charge is 2.26. The second-order valence-electron chi connectivity index (χ2n) is 6.67. The number of hydrogen-bond donors (Lipinski definition) is 0. The zero-order chi connectivity index (χ0) is 18.4. The Morgan fingerprint density at radius 3 is 2.78 bits per heavy atom. The lowest BCUT2D eigenvalue weighted by Gasteiger charge is -2.16. The summed E-state index contributed by atoms with van der Waals surface area (Å²) in [7, 11) is 0. The van der Waals surface area contributed by atoms with Gasteiger partial charge in [0.05, 0.1) is 20.8 Å². The third-order valence-corrected chi connectivity index (χ3v) is 6.21. The van der Waals surface area contributed by atoms with Crippen molar-refractivity contribution in [2.45, 2.75) is 19.9 Å². The third kappa shape index (κ3) is 2.58. The van der Waals surface area contributed by atoms with Gasteiger partial charge in [0.1, 0.15) is 0 Å². The molecule has 0 N–H and O–H groups in total. The minimum Gasteiger partial charge on any atom is -0.324 e. The number of para-hydroxylation sites is 3. The Kier molecular flexibility index (Phi) is 3.83. The van der Waals surface area contributed by atoms with Crippen molar-refractivity contribution >= 4 is 34.0 Å². The first-order valence-corrected chi connectivity index (χ1v) is 10.0. The normalized spacial score (nSPS) is 13.3. The van der Waals surface area contributed by atoms with Crippen LogP contribution in [0.5, 0.6) is 0 Å². The number of imidazole rings is 1. The molecule has 2 aromatic heterocycles. The molecule has 3 heterocycles. The summed E-state index contributed by atoms with van der Waals surface area (Å²) < 4.78 is 2.21. The van der Waals surface area contributed by atoms with E-state index >= 15 is 0 Å². The van der Waals surface area contributed by atoms with E-state index in [1.165, 1.54) is 16.9 Å². The smallest absolute Gasteiger partial charge is 0.268 e. The fourth-order valence-electron chi connectivity index (χ4n) is 3.84. The van der Waals surface area contributed by atoms with E-state index in [1.54, 1.807) is 0 Å². The zero-order valence-electron chi connectivity index (χ0n) is 15.1. The van der Waals surface area contributed by atoms with Crippen molar-refractivity contribution in [2.24, 2.45) is 0 Å². The van der Waals surface area contributed by atoms with E-state index in [-0.39, 0.29) is 5.91 Å². The van der Waals surface area contributed by atoms with Crippen LogP contribution in [-0.4, -0.2) is 22.0 Å². The van der Waals surface area contributed by atoms with Crippen molar-refractivity contribution < 1.29 is 4.79 Å². The Balaban J connectivity index is 1.52. The van der Waals surface area contributed by atoms with Crippen LogP contribution in [0.25, 0.3) is 21.7 Å². The maximum atomic E-state index is 13.1. The van der Waals surface area contributed by atoms with Gasteiger partial charge in [-0.1, -0.05) is 30.3 Å². The quantitative estimate of drug-likeness (QED) is 0.507. The molecular weight excluding hydrogens is 354 g/mol. The number of carbonyl (C=O) groups is 1. The van der Waals surface area contributed by atoms with Gasteiger partial charge in [0, 0.05) is 18.8 Å². The zero-order valence-corrected chi connectivity index (χ0v) is 15.9. The van der Waals surface area contributed by atoms with Gasteiger partial charge in [-0.15, -0.1) is 11.3 Å². The molecule has 0 bridgehead atoms. The Bertz CT molecular complexity index is 1160. The Morgan fingerprint density at radius 1 is 1.07 bits per heavy atom. The largest absolute Gasteiger partial charge is 0.324 e. The Labute approximate surface area is 161 Å². The number of anilines is 1. The fraction of sp³-hybridized carbons (Fsp3) is 0.182. The van der Waals surface area contributed by atoms with Gasteiger partial charge in [-0.25, -0.2) is 4.98 Å². The van der Waals surface area contributed by atoms with E-state index in [0.29, 0.717) is 0 Å². The first-order chi connectivity index (χ1) is 13.3. The highest BCUT2D eigenvalue weighted by molar-refractivity contribution is 7.17. The van der Waals surface area contributed by atoms with Crippen LogP contribution in [0.3, 0.4) is 0 Å². The van der Waals surface area contributed by atoms with Crippen LogP contribution in [0.1, 0.15) is 22.2 Å². The number of aromatic nitrogens is 2.